The zero-order valence-electron chi connectivity index (χ0n) is 10.4. The number of aromatic nitrogens is 1. The van der Waals surface area contributed by atoms with Gasteiger partial charge in [0.1, 0.15) is 5.69 Å². The minimum Gasteiger partial charge on any atom is -0.478 e. The molecule has 2 aromatic rings. The highest BCUT2D eigenvalue weighted by atomic mass is 16.5. The van der Waals surface area contributed by atoms with Crippen molar-refractivity contribution in [1.82, 2.24) is 4.98 Å². The molecule has 98 valence electrons. The van der Waals surface area contributed by atoms with E-state index >= 15 is 0 Å². The summed E-state index contributed by atoms with van der Waals surface area (Å²) in [6.07, 6.45) is 0. The Kier molecular flexibility index (Phi) is 3.37. The first-order chi connectivity index (χ1) is 9.06. The van der Waals surface area contributed by atoms with Crippen LogP contribution < -0.4 is 0 Å². The summed E-state index contributed by atoms with van der Waals surface area (Å²) in [5.74, 6) is -1.76. The number of nitrogens with one attached hydrogen (secondary N) is 1. The molecule has 0 aliphatic carbocycles. The summed E-state index contributed by atoms with van der Waals surface area (Å²) >= 11 is 0. The van der Waals surface area contributed by atoms with Crippen molar-refractivity contribution < 1.29 is 19.4 Å². The fourth-order valence-corrected chi connectivity index (χ4v) is 1.92. The van der Waals surface area contributed by atoms with E-state index in [-0.39, 0.29) is 23.4 Å². The number of ether oxygens (including phenoxy) is 1. The van der Waals surface area contributed by atoms with Crippen molar-refractivity contribution in [3.05, 3.63) is 42.1 Å². The van der Waals surface area contributed by atoms with Gasteiger partial charge in [0.25, 0.3) is 0 Å². The fraction of sp³-hybridized carbons (Fsp3) is 0.143. The molecule has 0 aliphatic rings. The SMILES string of the molecule is C=C(C(=O)O)c1c(C(=O)OCC)[nH]c2ccccc12. The molecule has 5 heteroatoms. The van der Waals surface area contributed by atoms with Crippen LogP contribution in [0.15, 0.2) is 30.8 Å². The third-order valence-corrected chi connectivity index (χ3v) is 2.75. The molecule has 0 radical (unpaired) electrons. The standard InChI is InChI=1S/C14H13NO4/c1-3-19-14(18)12-11(8(2)13(16)17)9-6-4-5-7-10(9)15-12/h4-7,15H,2-3H2,1H3,(H,16,17). The van der Waals surface area contributed by atoms with Gasteiger partial charge in [0.2, 0.25) is 0 Å². The quantitative estimate of drug-likeness (QED) is 0.653. The third-order valence-electron chi connectivity index (χ3n) is 2.75. The fourth-order valence-electron chi connectivity index (χ4n) is 1.92. The second-order valence-electron chi connectivity index (χ2n) is 3.92. The molecule has 0 saturated heterocycles. The summed E-state index contributed by atoms with van der Waals surface area (Å²) in [4.78, 5) is 25.9. The van der Waals surface area contributed by atoms with Crippen LogP contribution in [0.5, 0.6) is 0 Å². The minimum absolute atomic E-state index is 0.121. The normalized spacial score (nSPS) is 10.4. The van der Waals surface area contributed by atoms with Crippen molar-refractivity contribution in [1.29, 1.82) is 0 Å². The van der Waals surface area contributed by atoms with Crippen LogP contribution >= 0.6 is 0 Å². The highest BCUT2D eigenvalue weighted by Gasteiger charge is 2.23. The van der Waals surface area contributed by atoms with E-state index in [9.17, 15) is 9.59 Å². The molecule has 5 nitrogen and oxygen atoms in total. The Labute approximate surface area is 109 Å². The smallest absolute Gasteiger partial charge is 0.355 e. The van der Waals surface area contributed by atoms with E-state index in [1.807, 2.05) is 0 Å². The average molecular weight is 259 g/mol. The molecule has 0 bridgehead atoms. The van der Waals surface area contributed by atoms with Crippen LogP contribution in [0.2, 0.25) is 0 Å². The summed E-state index contributed by atoms with van der Waals surface area (Å²) in [5, 5.41) is 9.72. The summed E-state index contributed by atoms with van der Waals surface area (Å²) in [7, 11) is 0. The number of carboxylic acids is 1. The first-order valence-electron chi connectivity index (χ1n) is 5.76. The monoisotopic (exact) mass is 259 g/mol. The first kappa shape index (κ1) is 12.9. The largest absolute Gasteiger partial charge is 0.478 e. The third kappa shape index (κ3) is 2.22. The molecule has 0 aliphatic heterocycles. The summed E-state index contributed by atoms with van der Waals surface area (Å²) in [6.45, 7) is 5.42. The van der Waals surface area contributed by atoms with Crippen molar-refractivity contribution in [2.24, 2.45) is 0 Å². The number of hydrogen-bond acceptors (Lipinski definition) is 3. The maximum Gasteiger partial charge on any atom is 0.355 e. The predicted molar refractivity (Wildman–Crippen MR) is 70.9 cm³/mol. The second kappa shape index (κ2) is 4.97. The van der Waals surface area contributed by atoms with E-state index in [2.05, 4.69) is 11.6 Å². The number of esters is 1. The average Bonchev–Trinajstić information content (AvgIpc) is 2.77. The molecule has 0 fully saturated rings. The Morgan fingerprint density at radius 3 is 2.68 bits per heavy atom. The summed E-state index contributed by atoms with van der Waals surface area (Å²) in [6, 6.07) is 7.06. The molecule has 1 aromatic carbocycles. The number of carbonyl (C=O) groups excluding carboxylic acids is 1. The maximum absolute atomic E-state index is 11.9. The van der Waals surface area contributed by atoms with Crippen molar-refractivity contribution in [2.75, 3.05) is 6.61 Å². The van der Waals surface area contributed by atoms with Crippen LogP contribution in [0.1, 0.15) is 23.0 Å². The number of rotatable bonds is 4. The molecular weight excluding hydrogens is 246 g/mol. The Bertz CT molecular complexity index is 669. The van der Waals surface area contributed by atoms with Gasteiger partial charge in [0.15, 0.2) is 0 Å². The molecular formula is C14H13NO4. The molecule has 19 heavy (non-hydrogen) atoms. The van der Waals surface area contributed by atoms with E-state index in [4.69, 9.17) is 9.84 Å². The Morgan fingerprint density at radius 2 is 2.05 bits per heavy atom. The molecule has 0 amide bonds. The van der Waals surface area contributed by atoms with Gasteiger partial charge in [-0.25, -0.2) is 9.59 Å². The topological polar surface area (TPSA) is 79.4 Å². The zero-order valence-corrected chi connectivity index (χ0v) is 10.4. The van der Waals surface area contributed by atoms with Crippen molar-refractivity contribution >= 4 is 28.4 Å². The van der Waals surface area contributed by atoms with Crippen LogP contribution in [-0.2, 0) is 9.53 Å². The van der Waals surface area contributed by atoms with E-state index in [1.54, 1.807) is 31.2 Å². The van der Waals surface area contributed by atoms with Crippen molar-refractivity contribution in [3.8, 4) is 0 Å². The van der Waals surface area contributed by atoms with Crippen molar-refractivity contribution in [3.63, 3.8) is 0 Å². The molecule has 2 N–H and O–H groups in total. The first-order valence-corrected chi connectivity index (χ1v) is 5.76. The van der Waals surface area contributed by atoms with Crippen LogP contribution in [0.4, 0.5) is 0 Å². The number of fused-ring (bicyclic) bond motifs is 1. The number of benzene rings is 1. The predicted octanol–water partition coefficient (Wildman–Crippen LogP) is 2.44. The molecule has 2 rings (SSSR count). The number of aliphatic carboxylic acids is 1. The lowest BCUT2D eigenvalue weighted by Crippen LogP contribution is -2.09. The lowest BCUT2D eigenvalue weighted by atomic mass is 10.0. The van der Waals surface area contributed by atoms with Gasteiger partial charge in [0.05, 0.1) is 12.2 Å². The number of carbonyl (C=O) groups is 2. The minimum atomic E-state index is -1.17. The molecule has 0 spiro atoms. The Balaban J connectivity index is 2.68. The van der Waals surface area contributed by atoms with Gasteiger partial charge < -0.3 is 14.8 Å². The van der Waals surface area contributed by atoms with Crippen LogP contribution in [-0.4, -0.2) is 28.6 Å². The lowest BCUT2D eigenvalue weighted by Gasteiger charge is -2.04. The molecule has 1 aromatic heterocycles. The maximum atomic E-state index is 11.9. The van der Waals surface area contributed by atoms with Crippen LogP contribution in [0, 0.1) is 0 Å². The van der Waals surface area contributed by atoms with Gasteiger partial charge >= 0.3 is 11.9 Å². The van der Waals surface area contributed by atoms with Gasteiger partial charge in [-0.2, -0.15) is 0 Å². The molecule has 1 heterocycles. The second-order valence-corrected chi connectivity index (χ2v) is 3.92. The molecule has 0 atom stereocenters. The van der Waals surface area contributed by atoms with Crippen LogP contribution in [0.25, 0.3) is 16.5 Å². The highest BCUT2D eigenvalue weighted by molar-refractivity contribution is 6.21. The van der Waals surface area contributed by atoms with Gasteiger partial charge in [-0.05, 0) is 13.0 Å². The summed E-state index contributed by atoms with van der Waals surface area (Å²) < 4.78 is 4.92. The highest BCUT2D eigenvalue weighted by Crippen LogP contribution is 2.28. The number of aromatic amines is 1. The van der Waals surface area contributed by atoms with Gasteiger partial charge in [-0.1, -0.05) is 24.8 Å². The van der Waals surface area contributed by atoms with Gasteiger partial charge in [-0.15, -0.1) is 0 Å². The Hall–Kier alpha value is -2.56. The Morgan fingerprint density at radius 1 is 1.37 bits per heavy atom. The summed E-state index contributed by atoms with van der Waals surface area (Å²) in [5.41, 5.74) is 0.931. The van der Waals surface area contributed by atoms with E-state index in [0.717, 1.165) is 0 Å². The van der Waals surface area contributed by atoms with E-state index in [1.165, 1.54) is 0 Å². The van der Waals surface area contributed by atoms with Gasteiger partial charge in [-0.3, -0.25) is 0 Å². The number of H-pyrrole nitrogens is 1. The van der Waals surface area contributed by atoms with Crippen LogP contribution in [0.3, 0.4) is 0 Å². The van der Waals surface area contributed by atoms with E-state index < -0.39 is 11.9 Å². The number of carboxylic acid groups (broad SMARTS) is 1. The number of para-hydroxylation sites is 1. The molecule has 0 unspecified atom stereocenters. The number of hydrogen-bond donors (Lipinski definition) is 2. The van der Waals surface area contributed by atoms with Crippen molar-refractivity contribution in [2.45, 2.75) is 6.92 Å². The molecule has 0 saturated carbocycles. The zero-order chi connectivity index (χ0) is 14.0. The lowest BCUT2D eigenvalue weighted by molar-refractivity contribution is -0.130. The van der Waals surface area contributed by atoms with Gasteiger partial charge in [0, 0.05) is 16.5 Å². The van der Waals surface area contributed by atoms with E-state index in [0.29, 0.717) is 10.9 Å².